The molecule has 0 aromatic carbocycles. The van der Waals surface area contributed by atoms with E-state index in [0.717, 1.165) is 141 Å². The number of hydrogen-bond donors (Lipinski definition) is 2. The second-order valence-electron chi connectivity index (χ2n) is 20.6. The first-order valence-corrected chi connectivity index (χ1v) is 25.1. The fourth-order valence-electron chi connectivity index (χ4n) is 9.29. The Morgan fingerprint density at radius 1 is 0.353 bits per heavy atom. The minimum atomic E-state index is 0.602. The van der Waals surface area contributed by atoms with E-state index in [2.05, 4.69) is 230 Å². The molecule has 0 unspecified atom stereocenters. The average molecular weight is 903 g/mol. The molecular formula is C60H70N8+4. The summed E-state index contributed by atoms with van der Waals surface area (Å²) in [5, 5.41) is 0. The molecule has 8 nitrogen and oxygen atoms in total. The number of nitrogens with zero attached hydrogens (tertiary/aromatic N) is 6. The van der Waals surface area contributed by atoms with Gasteiger partial charge in [0, 0.05) is 117 Å². The minimum Gasteiger partial charge on any atom is -0.354 e. The highest BCUT2D eigenvalue weighted by Gasteiger charge is 2.22. The molecular weight excluding hydrogens is 833 g/mol. The van der Waals surface area contributed by atoms with E-state index in [0.29, 0.717) is 23.7 Å². The van der Waals surface area contributed by atoms with Crippen LogP contribution in [-0.4, -0.2) is 19.9 Å². The number of rotatable bonds is 16. The highest BCUT2D eigenvalue weighted by atomic mass is 14.9. The zero-order valence-electron chi connectivity index (χ0n) is 41.5. The van der Waals surface area contributed by atoms with E-state index in [4.69, 9.17) is 9.97 Å². The molecule has 0 atom stereocenters. The number of aryl methyl sites for hydroxylation is 4. The molecule has 2 aliphatic rings. The molecule has 8 bridgehead atoms. The first-order valence-electron chi connectivity index (χ1n) is 25.1. The quantitative estimate of drug-likeness (QED) is 0.0948. The van der Waals surface area contributed by atoms with Crippen molar-refractivity contribution in [1.82, 2.24) is 19.9 Å². The van der Waals surface area contributed by atoms with Gasteiger partial charge in [0.2, 0.25) is 0 Å². The van der Waals surface area contributed by atoms with Gasteiger partial charge >= 0.3 is 0 Å². The van der Waals surface area contributed by atoms with Gasteiger partial charge in [-0.2, -0.15) is 0 Å². The van der Waals surface area contributed by atoms with Crippen LogP contribution in [0.5, 0.6) is 0 Å². The summed E-state index contributed by atoms with van der Waals surface area (Å²) in [7, 11) is 0. The molecule has 9 rings (SSSR count). The molecule has 0 spiro atoms. The first kappa shape index (κ1) is 46.3. The van der Waals surface area contributed by atoms with Crippen molar-refractivity contribution < 1.29 is 18.3 Å². The summed E-state index contributed by atoms with van der Waals surface area (Å²) < 4.78 is 9.30. The maximum absolute atomic E-state index is 5.62. The van der Waals surface area contributed by atoms with Gasteiger partial charge < -0.3 is 9.97 Å². The monoisotopic (exact) mass is 903 g/mol. The van der Waals surface area contributed by atoms with Gasteiger partial charge in [0.25, 0.3) is 0 Å². The van der Waals surface area contributed by atoms with E-state index in [1.54, 1.807) is 0 Å². The number of H-pyrrole nitrogens is 2. The average Bonchev–Trinajstić information content (AvgIpc) is 4.18. The number of pyridine rings is 4. The minimum absolute atomic E-state index is 0.602. The van der Waals surface area contributed by atoms with E-state index in [-0.39, 0.29) is 0 Å². The van der Waals surface area contributed by atoms with Crippen LogP contribution in [0.3, 0.4) is 0 Å². The van der Waals surface area contributed by atoms with Crippen molar-refractivity contribution in [3.63, 3.8) is 0 Å². The second-order valence-corrected chi connectivity index (χ2v) is 20.6. The summed E-state index contributed by atoms with van der Waals surface area (Å²) in [6, 6.07) is 26.5. The lowest BCUT2D eigenvalue weighted by Gasteiger charge is -2.07. The molecule has 0 radical (unpaired) electrons. The molecule has 2 N–H and O–H groups in total. The Kier molecular flexibility index (Phi) is 14.0. The molecule has 0 aliphatic carbocycles. The number of hydrogen-bond acceptors (Lipinski definition) is 2. The lowest BCUT2D eigenvalue weighted by molar-refractivity contribution is -0.697. The Balaban J connectivity index is 1.39. The molecule has 7 aromatic heterocycles. The van der Waals surface area contributed by atoms with Gasteiger partial charge in [-0.1, -0.05) is 55.4 Å². The third kappa shape index (κ3) is 10.7. The lowest BCUT2D eigenvalue weighted by atomic mass is 10.0. The summed E-state index contributed by atoms with van der Waals surface area (Å²) in [6.45, 7) is 22.1. The molecule has 346 valence electrons. The van der Waals surface area contributed by atoms with Crippen LogP contribution >= 0.6 is 0 Å². The summed E-state index contributed by atoms with van der Waals surface area (Å²) in [6.07, 6.45) is 31.1. The largest absolute Gasteiger partial charge is 0.354 e. The molecule has 7 aromatic rings. The summed E-state index contributed by atoms with van der Waals surface area (Å²) in [5.74, 6) is 2.41. The van der Waals surface area contributed by atoms with Crippen LogP contribution in [0.15, 0.2) is 122 Å². The normalized spacial score (nSPS) is 12.4. The van der Waals surface area contributed by atoms with Gasteiger partial charge in [0.15, 0.2) is 49.6 Å². The number of aromatic amines is 2. The zero-order valence-corrected chi connectivity index (χ0v) is 41.5. The van der Waals surface area contributed by atoms with E-state index < -0.39 is 0 Å². The van der Waals surface area contributed by atoms with Crippen LogP contribution in [0.2, 0.25) is 0 Å². The Labute approximate surface area is 403 Å². The zero-order chi connectivity index (χ0) is 47.3. The second kappa shape index (κ2) is 20.6. The maximum Gasteiger partial charge on any atom is 0.176 e. The van der Waals surface area contributed by atoms with Crippen molar-refractivity contribution in [3.05, 3.63) is 145 Å². The topological polar surface area (TPSA) is 72.9 Å². The van der Waals surface area contributed by atoms with Crippen LogP contribution in [0, 0.1) is 23.7 Å². The Morgan fingerprint density at radius 2 is 0.588 bits per heavy atom. The molecule has 0 saturated carbocycles. The van der Waals surface area contributed by atoms with Gasteiger partial charge in [0.1, 0.15) is 26.2 Å². The van der Waals surface area contributed by atoms with E-state index in [1.807, 2.05) is 0 Å². The van der Waals surface area contributed by atoms with Gasteiger partial charge in [-0.05, 0) is 96.5 Å². The summed E-state index contributed by atoms with van der Waals surface area (Å²) in [5.41, 5.74) is 16.3. The predicted molar refractivity (Wildman–Crippen MR) is 279 cm³/mol. The first-order chi connectivity index (χ1) is 32.9. The van der Waals surface area contributed by atoms with E-state index in [1.165, 1.54) is 0 Å². The maximum atomic E-state index is 5.62. The van der Waals surface area contributed by atoms with Crippen molar-refractivity contribution in [2.24, 2.45) is 23.7 Å². The Morgan fingerprint density at radius 3 is 0.809 bits per heavy atom. The third-order valence-corrected chi connectivity index (χ3v) is 13.2. The van der Waals surface area contributed by atoms with E-state index in [9.17, 15) is 0 Å². The fraction of sp³-hybridized carbons (Fsp3) is 0.333. The van der Waals surface area contributed by atoms with Crippen LogP contribution in [0.1, 0.15) is 104 Å². The number of aromatic nitrogens is 8. The van der Waals surface area contributed by atoms with Gasteiger partial charge in [-0.3, -0.25) is 0 Å². The number of fused-ring (bicyclic) bond motifs is 8. The van der Waals surface area contributed by atoms with Crippen molar-refractivity contribution in [2.75, 3.05) is 0 Å². The Hall–Kier alpha value is -6.80. The molecule has 8 heteroatoms. The highest BCUT2D eigenvalue weighted by Crippen LogP contribution is 2.38. The van der Waals surface area contributed by atoms with Gasteiger partial charge in [0.05, 0.1) is 22.8 Å². The standard InChI is InChI=1S/C60H70N8/c1-41(2)25-33-65-29-9-13-45(37-65)57-49-17-19-51(61-49)58(46-14-10-30-66(38-46)34-26-42(3)4)53-21-23-55(63-53)60(48-16-12-32-68(40-48)36-28-44(7)8)56-24-22-54(64-56)59(52-20-18-50(57)62-52)47-15-11-31-67(39-47)35-27-43(5)6/h9-24,29-32,37-44,61,64H,25-28,33-36H2,1-8H3/q+4. The summed E-state index contributed by atoms with van der Waals surface area (Å²) >= 11 is 0. The van der Waals surface area contributed by atoms with Crippen molar-refractivity contribution in [2.45, 2.75) is 107 Å². The molecule has 2 aliphatic heterocycles. The molecule has 0 amide bonds. The molecule has 0 fully saturated rings. The fourth-order valence-corrected chi connectivity index (χ4v) is 9.29. The van der Waals surface area contributed by atoms with E-state index >= 15 is 0 Å². The molecule has 0 saturated heterocycles. The Bertz CT molecular complexity index is 2750. The van der Waals surface area contributed by atoms with Crippen molar-refractivity contribution >= 4 is 46.4 Å². The molecule has 68 heavy (non-hydrogen) atoms. The third-order valence-electron chi connectivity index (χ3n) is 13.2. The van der Waals surface area contributed by atoms with Crippen LogP contribution in [-0.2, 0) is 26.2 Å². The highest BCUT2D eigenvalue weighted by molar-refractivity contribution is 5.99. The van der Waals surface area contributed by atoms with Gasteiger partial charge in [-0.15, -0.1) is 0 Å². The predicted octanol–water partition coefficient (Wildman–Crippen LogP) is 12.7. The number of nitrogens with one attached hydrogen (secondary N) is 2. The smallest absolute Gasteiger partial charge is 0.176 e. The molecule has 9 heterocycles. The van der Waals surface area contributed by atoms with Crippen LogP contribution in [0.4, 0.5) is 0 Å². The van der Waals surface area contributed by atoms with Crippen molar-refractivity contribution in [3.8, 4) is 44.5 Å². The lowest BCUT2D eigenvalue weighted by Crippen LogP contribution is -2.33. The summed E-state index contributed by atoms with van der Waals surface area (Å²) in [4.78, 5) is 19.2. The van der Waals surface area contributed by atoms with Crippen LogP contribution in [0.25, 0.3) is 90.9 Å². The van der Waals surface area contributed by atoms with Gasteiger partial charge in [-0.25, -0.2) is 28.2 Å². The van der Waals surface area contributed by atoms with Crippen LogP contribution < -0.4 is 18.3 Å². The SMILES string of the molecule is CC(C)CC[n+]1cccc(-c2c3nc(c(-c4ccc[n+](CCC(C)C)c4)c4ccc([nH]4)c(-c4ccc[n+](CCC(C)C)c4)c4nc(c(-c5ccc[n+](CCC(C)C)c5)c5ccc2[nH]5)C=C4)C=C3)c1. The van der Waals surface area contributed by atoms with Crippen molar-refractivity contribution in [1.29, 1.82) is 0 Å².